The van der Waals surface area contributed by atoms with Crippen LogP contribution in [-0.4, -0.2) is 49.7 Å². The zero-order valence-corrected chi connectivity index (χ0v) is 12.0. The lowest BCUT2D eigenvalue weighted by Gasteiger charge is -2.32. The standard InChI is InChI=1S/C12H14BrNO5/c1-17-10(15)6-8-7-14(3-5-18-8)12(16)9-2-4-19-11(9)13/h2,4,8H,3,5-7H2,1H3. The molecule has 1 saturated heterocycles. The predicted molar refractivity (Wildman–Crippen MR) is 68.7 cm³/mol. The number of amides is 1. The third kappa shape index (κ3) is 3.36. The molecule has 1 aliphatic heterocycles. The fourth-order valence-corrected chi connectivity index (χ4v) is 2.32. The van der Waals surface area contributed by atoms with E-state index in [-0.39, 0.29) is 24.4 Å². The van der Waals surface area contributed by atoms with Crippen molar-refractivity contribution in [3.63, 3.8) is 0 Å². The Labute approximate surface area is 118 Å². The topological polar surface area (TPSA) is 69.0 Å². The lowest BCUT2D eigenvalue weighted by atomic mass is 10.2. The summed E-state index contributed by atoms with van der Waals surface area (Å²) in [5.41, 5.74) is 0.471. The number of rotatable bonds is 3. The fraction of sp³-hybridized carbons (Fsp3) is 0.500. The summed E-state index contributed by atoms with van der Waals surface area (Å²) in [5, 5.41) is 0. The van der Waals surface area contributed by atoms with Gasteiger partial charge in [0.1, 0.15) is 0 Å². The Balaban J connectivity index is 1.99. The molecule has 1 fully saturated rings. The zero-order valence-electron chi connectivity index (χ0n) is 10.4. The second-order valence-corrected chi connectivity index (χ2v) is 4.85. The van der Waals surface area contributed by atoms with Gasteiger partial charge in [-0.3, -0.25) is 9.59 Å². The number of esters is 1. The van der Waals surface area contributed by atoms with Crippen molar-refractivity contribution < 1.29 is 23.5 Å². The number of methoxy groups -OCH3 is 1. The summed E-state index contributed by atoms with van der Waals surface area (Å²) in [7, 11) is 1.33. The van der Waals surface area contributed by atoms with Gasteiger partial charge in [0.05, 0.1) is 38.1 Å². The first-order valence-electron chi connectivity index (χ1n) is 5.82. The molecule has 2 rings (SSSR count). The molecule has 1 aliphatic rings. The molecule has 104 valence electrons. The Morgan fingerprint density at radius 3 is 3.00 bits per heavy atom. The smallest absolute Gasteiger partial charge is 0.308 e. The first-order valence-corrected chi connectivity index (χ1v) is 6.61. The van der Waals surface area contributed by atoms with E-state index >= 15 is 0 Å². The van der Waals surface area contributed by atoms with E-state index in [0.29, 0.717) is 29.9 Å². The van der Waals surface area contributed by atoms with Crippen molar-refractivity contribution in [3.8, 4) is 0 Å². The van der Waals surface area contributed by atoms with Crippen LogP contribution < -0.4 is 0 Å². The molecule has 2 heterocycles. The minimum atomic E-state index is -0.344. The maximum absolute atomic E-state index is 12.2. The molecule has 0 aromatic carbocycles. The highest BCUT2D eigenvalue weighted by molar-refractivity contribution is 9.10. The van der Waals surface area contributed by atoms with Gasteiger partial charge in [0.15, 0.2) is 4.67 Å². The predicted octanol–water partition coefficient (Wildman–Crippen LogP) is 1.45. The fourth-order valence-electron chi connectivity index (χ4n) is 1.91. The van der Waals surface area contributed by atoms with Crippen LogP contribution in [-0.2, 0) is 14.3 Å². The van der Waals surface area contributed by atoms with Crippen molar-refractivity contribution in [1.29, 1.82) is 0 Å². The molecule has 0 radical (unpaired) electrons. The SMILES string of the molecule is COC(=O)CC1CN(C(=O)c2ccoc2Br)CCO1. The van der Waals surface area contributed by atoms with Crippen LogP contribution >= 0.6 is 15.9 Å². The largest absolute Gasteiger partial charge is 0.469 e. The monoisotopic (exact) mass is 331 g/mol. The highest BCUT2D eigenvalue weighted by atomic mass is 79.9. The zero-order chi connectivity index (χ0) is 13.8. The number of ether oxygens (including phenoxy) is 2. The van der Waals surface area contributed by atoms with Gasteiger partial charge < -0.3 is 18.8 Å². The average Bonchev–Trinajstić information content (AvgIpc) is 2.84. The number of morpholine rings is 1. The highest BCUT2D eigenvalue weighted by Gasteiger charge is 2.28. The molecule has 19 heavy (non-hydrogen) atoms. The highest BCUT2D eigenvalue weighted by Crippen LogP contribution is 2.21. The normalized spacial score (nSPS) is 19.3. The van der Waals surface area contributed by atoms with Crippen molar-refractivity contribution in [3.05, 3.63) is 22.6 Å². The molecular formula is C12H14BrNO5. The Kier molecular flexibility index (Phi) is 4.60. The summed E-state index contributed by atoms with van der Waals surface area (Å²) in [6.07, 6.45) is 1.27. The number of hydrogen-bond acceptors (Lipinski definition) is 5. The Hall–Kier alpha value is -1.34. The molecule has 0 aliphatic carbocycles. The molecule has 1 aromatic rings. The van der Waals surface area contributed by atoms with Crippen LogP contribution in [0.25, 0.3) is 0 Å². The lowest BCUT2D eigenvalue weighted by Crippen LogP contribution is -2.46. The molecule has 7 heteroatoms. The number of carbonyl (C=O) groups is 2. The summed E-state index contributed by atoms with van der Waals surface area (Å²) in [4.78, 5) is 25.1. The molecule has 1 unspecified atom stereocenters. The maximum Gasteiger partial charge on any atom is 0.308 e. The van der Waals surface area contributed by atoms with Crippen LogP contribution in [0.3, 0.4) is 0 Å². The van der Waals surface area contributed by atoms with E-state index in [9.17, 15) is 9.59 Å². The van der Waals surface area contributed by atoms with Crippen LogP contribution in [0.5, 0.6) is 0 Å². The first-order chi connectivity index (χ1) is 9.11. The number of nitrogens with zero attached hydrogens (tertiary/aromatic N) is 1. The van der Waals surface area contributed by atoms with Crippen molar-refractivity contribution in [2.45, 2.75) is 12.5 Å². The van der Waals surface area contributed by atoms with Crippen molar-refractivity contribution in [1.82, 2.24) is 4.90 Å². The Morgan fingerprint density at radius 2 is 2.37 bits per heavy atom. The number of hydrogen-bond donors (Lipinski definition) is 0. The third-order valence-corrected chi connectivity index (χ3v) is 3.51. The van der Waals surface area contributed by atoms with Crippen LogP contribution in [0.15, 0.2) is 21.4 Å². The van der Waals surface area contributed by atoms with Gasteiger partial charge in [-0.25, -0.2) is 0 Å². The summed E-state index contributed by atoms with van der Waals surface area (Å²) in [6, 6.07) is 1.61. The van der Waals surface area contributed by atoms with Gasteiger partial charge in [0.2, 0.25) is 0 Å². The molecule has 0 spiro atoms. The van der Waals surface area contributed by atoms with Crippen LogP contribution in [0.4, 0.5) is 0 Å². The summed E-state index contributed by atoms with van der Waals surface area (Å²) in [6.45, 7) is 1.27. The summed E-state index contributed by atoms with van der Waals surface area (Å²) >= 11 is 3.18. The van der Waals surface area contributed by atoms with Gasteiger partial charge in [0.25, 0.3) is 5.91 Å². The Bertz CT molecular complexity index is 472. The minimum Gasteiger partial charge on any atom is -0.469 e. The molecule has 1 amide bonds. The van der Waals surface area contributed by atoms with Crippen molar-refractivity contribution >= 4 is 27.8 Å². The van der Waals surface area contributed by atoms with Gasteiger partial charge in [0, 0.05) is 13.1 Å². The molecular weight excluding hydrogens is 318 g/mol. The van der Waals surface area contributed by atoms with Crippen LogP contribution in [0.2, 0.25) is 0 Å². The Morgan fingerprint density at radius 1 is 1.58 bits per heavy atom. The third-order valence-electron chi connectivity index (χ3n) is 2.90. The molecule has 1 atom stereocenters. The van der Waals surface area contributed by atoms with E-state index in [1.807, 2.05) is 0 Å². The van der Waals surface area contributed by atoms with Gasteiger partial charge in [-0.15, -0.1) is 0 Å². The van der Waals surface area contributed by atoms with Crippen molar-refractivity contribution in [2.75, 3.05) is 26.8 Å². The summed E-state index contributed by atoms with van der Waals surface area (Å²) in [5.74, 6) is -0.484. The summed E-state index contributed by atoms with van der Waals surface area (Å²) < 4.78 is 15.5. The lowest BCUT2D eigenvalue weighted by molar-refractivity contribution is -0.145. The minimum absolute atomic E-state index is 0.140. The van der Waals surface area contributed by atoms with Crippen LogP contribution in [0.1, 0.15) is 16.8 Å². The van der Waals surface area contributed by atoms with E-state index in [4.69, 9.17) is 9.15 Å². The maximum atomic E-state index is 12.2. The van der Waals surface area contributed by atoms with Crippen molar-refractivity contribution in [2.24, 2.45) is 0 Å². The van der Waals surface area contributed by atoms with Gasteiger partial charge >= 0.3 is 5.97 Å². The van der Waals surface area contributed by atoms with Gasteiger partial charge in [-0.05, 0) is 22.0 Å². The second kappa shape index (κ2) is 6.21. The molecule has 0 saturated carbocycles. The quantitative estimate of drug-likeness (QED) is 0.784. The number of halogens is 1. The van der Waals surface area contributed by atoms with E-state index < -0.39 is 0 Å². The molecule has 0 N–H and O–H groups in total. The molecule has 1 aromatic heterocycles. The first kappa shape index (κ1) is 14.1. The van der Waals surface area contributed by atoms with E-state index in [2.05, 4.69) is 20.7 Å². The number of furan rings is 1. The second-order valence-electron chi connectivity index (χ2n) is 4.13. The molecule has 0 bridgehead atoms. The van der Waals surface area contributed by atoms with E-state index in [1.165, 1.54) is 13.4 Å². The van der Waals surface area contributed by atoms with Gasteiger partial charge in [-0.2, -0.15) is 0 Å². The average molecular weight is 332 g/mol. The number of carbonyl (C=O) groups excluding carboxylic acids is 2. The van der Waals surface area contributed by atoms with E-state index in [1.54, 1.807) is 11.0 Å². The van der Waals surface area contributed by atoms with E-state index in [0.717, 1.165) is 0 Å². The van der Waals surface area contributed by atoms with Crippen LogP contribution in [0, 0.1) is 0 Å². The van der Waals surface area contributed by atoms with Gasteiger partial charge in [-0.1, -0.05) is 0 Å². The molecule has 6 nitrogen and oxygen atoms in total.